The molecule has 156 valence electrons. The van der Waals surface area contributed by atoms with Crippen LogP contribution in [0.25, 0.3) is 0 Å². The number of hydrogen-bond donors (Lipinski definition) is 3. The smallest absolute Gasteiger partial charge is 0.349 e. The molecule has 14 nitrogen and oxygen atoms in total. The van der Waals surface area contributed by atoms with Crippen LogP contribution in [0.3, 0.4) is 0 Å². The van der Waals surface area contributed by atoms with Gasteiger partial charge in [0.1, 0.15) is 0 Å². The average molecular weight is 421 g/mol. The van der Waals surface area contributed by atoms with Crippen molar-refractivity contribution in [1.82, 2.24) is 24.7 Å². The first kappa shape index (κ1) is 21.5. The second kappa shape index (κ2) is 7.69. The first-order chi connectivity index (χ1) is 13.0. The highest BCUT2D eigenvalue weighted by atomic mass is 32.2. The van der Waals surface area contributed by atoms with Gasteiger partial charge in [-0.1, -0.05) is 0 Å². The number of amides is 6. The third kappa shape index (κ3) is 3.90. The van der Waals surface area contributed by atoms with Gasteiger partial charge >= 0.3 is 28.1 Å². The standard InChI is InChI=1S/C13H19N5O9S/c1-3-16-4-5-17(10(21)9(16)20)12(23)14-6-8(19)15-13(27-2)7-18(11(13)22)28(24,25)26/h3-7H2,1-2H3,(H,14,23)(H,15,19)(H,24,25,26). The van der Waals surface area contributed by atoms with E-state index in [4.69, 9.17) is 9.29 Å². The molecule has 15 heteroatoms. The third-order valence-corrected chi connectivity index (χ3v) is 5.09. The van der Waals surface area contributed by atoms with Crippen molar-refractivity contribution < 1.29 is 41.7 Å². The van der Waals surface area contributed by atoms with Crippen LogP contribution in [0.1, 0.15) is 6.92 Å². The molecule has 1 atom stereocenters. The van der Waals surface area contributed by atoms with Crippen LogP contribution in [0.5, 0.6) is 0 Å². The van der Waals surface area contributed by atoms with Crippen molar-refractivity contribution >= 4 is 40.0 Å². The quantitative estimate of drug-likeness (QED) is 0.169. The van der Waals surface area contributed by atoms with Gasteiger partial charge in [0.2, 0.25) is 11.6 Å². The lowest BCUT2D eigenvalue weighted by atomic mass is 10.1. The maximum absolute atomic E-state index is 12.0. The van der Waals surface area contributed by atoms with E-state index in [1.807, 2.05) is 0 Å². The van der Waals surface area contributed by atoms with E-state index < -0.39 is 58.8 Å². The molecule has 3 N–H and O–H groups in total. The summed E-state index contributed by atoms with van der Waals surface area (Å²) in [7, 11) is -3.75. The summed E-state index contributed by atoms with van der Waals surface area (Å²) in [5, 5.41) is 4.23. The number of carbonyl (C=O) groups is 5. The Labute approximate surface area is 159 Å². The van der Waals surface area contributed by atoms with E-state index in [-0.39, 0.29) is 17.4 Å². The highest BCUT2D eigenvalue weighted by molar-refractivity contribution is 7.84. The summed E-state index contributed by atoms with van der Waals surface area (Å²) >= 11 is 0. The number of nitrogens with zero attached hydrogens (tertiary/aromatic N) is 3. The summed E-state index contributed by atoms with van der Waals surface area (Å²) < 4.78 is 35.7. The van der Waals surface area contributed by atoms with E-state index in [0.29, 0.717) is 11.4 Å². The molecule has 2 aliphatic heterocycles. The molecule has 1 unspecified atom stereocenters. The van der Waals surface area contributed by atoms with Crippen molar-refractivity contribution in [3.05, 3.63) is 0 Å². The van der Waals surface area contributed by atoms with Crippen molar-refractivity contribution in [3.8, 4) is 0 Å². The first-order valence-corrected chi connectivity index (χ1v) is 9.41. The minimum absolute atomic E-state index is 0.0460. The number of likely N-dealkylation sites (N-methyl/N-ethyl adjacent to an activating group) is 1. The van der Waals surface area contributed by atoms with Crippen LogP contribution >= 0.6 is 0 Å². The number of hydrogen-bond acceptors (Lipinski definition) is 8. The van der Waals surface area contributed by atoms with E-state index >= 15 is 0 Å². The predicted molar refractivity (Wildman–Crippen MR) is 88.5 cm³/mol. The number of nitrogens with one attached hydrogen (secondary N) is 2. The number of imide groups is 1. The molecule has 0 radical (unpaired) electrons. The SMILES string of the molecule is CCN1CCN(C(=O)NCC(=O)NC2(OC)CN(S(=O)(=O)O)C2=O)C(=O)C1=O. The number of ether oxygens (including phenoxy) is 1. The van der Waals surface area contributed by atoms with E-state index in [0.717, 1.165) is 7.11 Å². The molecule has 2 saturated heterocycles. The maximum Gasteiger partial charge on any atom is 0.362 e. The maximum atomic E-state index is 12.0. The van der Waals surface area contributed by atoms with Gasteiger partial charge in [0, 0.05) is 26.7 Å². The molecule has 2 heterocycles. The lowest BCUT2D eigenvalue weighted by molar-refractivity contribution is -0.179. The Bertz CT molecular complexity index is 828. The van der Waals surface area contributed by atoms with Gasteiger partial charge < -0.3 is 20.3 Å². The number of methoxy groups -OCH3 is 1. The van der Waals surface area contributed by atoms with Crippen molar-refractivity contribution in [2.24, 2.45) is 0 Å². The Morgan fingerprint density at radius 3 is 2.36 bits per heavy atom. The van der Waals surface area contributed by atoms with Crippen LogP contribution < -0.4 is 10.6 Å². The summed E-state index contributed by atoms with van der Waals surface area (Å²) in [4.78, 5) is 61.5. The molecule has 2 rings (SSSR count). The largest absolute Gasteiger partial charge is 0.362 e. The molecular formula is C13H19N5O9S. The Balaban J connectivity index is 1.90. The Kier molecular flexibility index (Phi) is 5.91. The van der Waals surface area contributed by atoms with Crippen LogP contribution in [0.15, 0.2) is 0 Å². The van der Waals surface area contributed by atoms with E-state index in [9.17, 15) is 32.4 Å². The summed E-state index contributed by atoms with van der Waals surface area (Å²) in [6.45, 7) is 0.770. The van der Waals surface area contributed by atoms with Crippen LogP contribution in [0.2, 0.25) is 0 Å². The number of carbonyl (C=O) groups excluding carboxylic acids is 5. The van der Waals surface area contributed by atoms with Crippen LogP contribution in [0, 0.1) is 0 Å². The minimum Gasteiger partial charge on any atom is -0.349 e. The molecule has 0 bridgehead atoms. The number of rotatable bonds is 6. The molecule has 0 aromatic rings. The van der Waals surface area contributed by atoms with Gasteiger partial charge in [-0.3, -0.25) is 28.6 Å². The van der Waals surface area contributed by atoms with Gasteiger partial charge in [0.15, 0.2) is 0 Å². The molecule has 0 aromatic heterocycles. The zero-order valence-corrected chi connectivity index (χ0v) is 15.8. The molecular weight excluding hydrogens is 402 g/mol. The monoisotopic (exact) mass is 421 g/mol. The molecule has 0 aliphatic carbocycles. The summed E-state index contributed by atoms with van der Waals surface area (Å²) in [6.07, 6.45) is 0. The molecule has 2 fully saturated rings. The Morgan fingerprint density at radius 1 is 1.21 bits per heavy atom. The van der Waals surface area contributed by atoms with E-state index in [1.165, 1.54) is 4.90 Å². The molecule has 2 aliphatic rings. The normalized spacial score (nSPS) is 22.8. The highest BCUT2D eigenvalue weighted by Crippen LogP contribution is 2.26. The van der Waals surface area contributed by atoms with Crippen molar-refractivity contribution in [2.45, 2.75) is 12.6 Å². The number of piperazine rings is 1. The van der Waals surface area contributed by atoms with Gasteiger partial charge in [-0.05, 0) is 6.92 Å². The summed E-state index contributed by atoms with van der Waals surface area (Å²) in [6, 6.07) is -0.977. The molecule has 0 spiro atoms. The molecule has 0 saturated carbocycles. The van der Waals surface area contributed by atoms with Gasteiger partial charge in [-0.25, -0.2) is 9.10 Å². The highest BCUT2D eigenvalue weighted by Gasteiger charge is 2.58. The van der Waals surface area contributed by atoms with Gasteiger partial charge in [0.25, 0.3) is 5.91 Å². The topological polar surface area (TPSA) is 183 Å². The summed E-state index contributed by atoms with van der Waals surface area (Å²) in [5.74, 6) is -4.01. The Hall–Kier alpha value is -2.78. The zero-order chi connectivity index (χ0) is 21.3. The number of urea groups is 1. The molecule has 6 amide bonds. The fourth-order valence-electron chi connectivity index (χ4n) is 2.62. The van der Waals surface area contributed by atoms with Crippen molar-refractivity contribution in [1.29, 1.82) is 0 Å². The first-order valence-electron chi connectivity index (χ1n) is 8.01. The lowest BCUT2D eigenvalue weighted by Crippen LogP contribution is -2.76. The van der Waals surface area contributed by atoms with Crippen molar-refractivity contribution in [2.75, 3.05) is 39.8 Å². The van der Waals surface area contributed by atoms with Crippen LogP contribution in [-0.4, -0.2) is 102 Å². The fraction of sp³-hybridized carbons (Fsp3) is 0.615. The second-order valence-electron chi connectivity index (χ2n) is 5.87. The van der Waals surface area contributed by atoms with E-state index in [2.05, 4.69) is 10.6 Å². The summed E-state index contributed by atoms with van der Waals surface area (Å²) in [5.41, 5.74) is -2.00. The van der Waals surface area contributed by atoms with E-state index in [1.54, 1.807) is 6.92 Å². The van der Waals surface area contributed by atoms with Gasteiger partial charge in [-0.15, -0.1) is 0 Å². The Morgan fingerprint density at radius 2 is 1.86 bits per heavy atom. The van der Waals surface area contributed by atoms with Gasteiger partial charge in [0.05, 0.1) is 13.1 Å². The van der Waals surface area contributed by atoms with Crippen LogP contribution in [-0.2, 0) is 34.2 Å². The number of β-lactam (4-membered cyclic amide) rings is 1. The molecule has 28 heavy (non-hydrogen) atoms. The lowest BCUT2D eigenvalue weighted by Gasteiger charge is -2.44. The van der Waals surface area contributed by atoms with Crippen molar-refractivity contribution in [3.63, 3.8) is 0 Å². The minimum atomic E-state index is -4.79. The third-order valence-electron chi connectivity index (χ3n) is 4.24. The van der Waals surface area contributed by atoms with Gasteiger partial charge in [-0.2, -0.15) is 8.42 Å². The average Bonchev–Trinajstić information content (AvgIpc) is 2.63. The zero-order valence-electron chi connectivity index (χ0n) is 15.0. The second-order valence-corrected chi connectivity index (χ2v) is 7.21. The molecule has 0 aromatic carbocycles. The fourth-order valence-corrected chi connectivity index (χ4v) is 3.33. The van der Waals surface area contributed by atoms with Crippen LogP contribution in [0.4, 0.5) is 4.79 Å². The predicted octanol–water partition coefficient (Wildman–Crippen LogP) is -3.51.